The molecule has 0 spiro atoms. The van der Waals surface area contributed by atoms with Crippen molar-refractivity contribution in [1.82, 2.24) is 5.32 Å². The van der Waals surface area contributed by atoms with Crippen LogP contribution in [0.2, 0.25) is 0 Å². The van der Waals surface area contributed by atoms with Gasteiger partial charge in [-0.3, -0.25) is 14.4 Å². The first-order valence-corrected chi connectivity index (χ1v) is 21.0. The summed E-state index contributed by atoms with van der Waals surface area (Å²) >= 11 is 0. The molecular weight excluding hydrogens is 671 g/mol. The number of amides is 1. The molecule has 0 rings (SSSR count). The van der Waals surface area contributed by atoms with Crippen LogP contribution in [-0.4, -0.2) is 35.6 Å². The molecule has 0 aliphatic carbocycles. The standard InChI is InChI=1S/C48H75NO5/c1-3-5-7-9-11-13-15-17-19-20-22-24-26-28-30-35-39-43-48(53)54-45(41-37-33-31-34-38-42-46(50)49-44-47(51)52)40-36-32-29-27-25-23-21-18-16-14-12-10-8-6-4-2/h5-8,11-14,17-19,21-22,24-25,27-28,30,45H,3-4,9-10,15-16,20,23,26,29,31-44H2,1-2H3,(H,49,50)(H,51,52)/b7-5-,8-6-,13-11-,14-12-,19-17-,21-18-,24-22-,27-25-,30-28-. The highest BCUT2D eigenvalue weighted by Crippen LogP contribution is 2.17. The Morgan fingerprint density at radius 2 is 0.870 bits per heavy atom. The summed E-state index contributed by atoms with van der Waals surface area (Å²) in [6.45, 7) is 3.97. The van der Waals surface area contributed by atoms with Gasteiger partial charge in [0, 0.05) is 12.8 Å². The molecule has 54 heavy (non-hydrogen) atoms. The number of carboxylic acids is 1. The Kier molecular flexibility index (Phi) is 38.8. The van der Waals surface area contributed by atoms with Crippen LogP contribution < -0.4 is 5.32 Å². The number of aliphatic carboxylic acids is 1. The summed E-state index contributed by atoms with van der Waals surface area (Å²) in [6, 6.07) is 0. The molecule has 1 unspecified atom stereocenters. The first kappa shape index (κ1) is 50.1. The first-order valence-electron chi connectivity index (χ1n) is 21.0. The number of esters is 1. The molecule has 2 N–H and O–H groups in total. The lowest BCUT2D eigenvalue weighted by Gasteiger charge is -2.18. The Labute approximate surface area is 330 Å². The van der Waals surface area contributed by atoms with Gasteiger partial charge in [0.05, 0.1) is 0 Å². The van der Waals surface area contributed by atoms with Crippen molar-refractivity contribution >= 4 is 17.8 Å². The molecule has 0 bridgehead atoms. The Balaban J connectivity index is 4.42. The van der Waals surface area contributed by atoms with Crippen LogP contribution in [-0.2, 0) is 19.1 Å². The van der Waals surface area contributed by atoms with E-state index in [1.807, 2.05) is 0 Å². The highest BCUT2D eigenvalue weighted by Gasteiger charge is 2.14. The van der Waals surface area contributed by atoms with E-state index in [-0.39, 0.29) is 24.5 Å². The van der Waals surface area contributed by atoms with Gasteiger partial charge in [-0.05, 0) is 116 Å². The third-order valence-corrected chi connectivity index (χ3v) is 8.44. The minimum absolute atomic E-state index is 0.0505. The Morgan fingerprint density at radius 1 is 0.481 bits per heavy atom. The Morgan fingerprint density at radius 3 is 1.33 bits per heavy atom. The highest BCUT2D eigenvalue weighted by atomic mass is 16.5. The molecule has 0 aromatic heterocycles. The van der Waals surface area contributed by atoms with Gasteiger partial charge in [0.25, 0.3) is 0 Å². The molecule has 1 atom stereocenters. The summed E-state index contributed by atoms with van der Waals surface area (Å²) in [4.78, 5) is 35.0. The van der Waals surface area contributed by atoms with E-state index in [0.29, 0.717) is 12.8 Å². The van der Waals surface area contributed by atoms with Crippen LogP contribution in [0.3, 0.4) is 0 Å². The Bertz CT molecular complexity index is 1180. The average Bonchev–Trinajstić information content (AvgIpc) is 3.16. The molecule has 0 aromatic rings. The zero-order chi connectivity index (χ0) is 39.4. The number of rotatable bonds is 36. The zero-order valence-corrected chi connectivity index (χ0v) is 34.0. The fraction of sp³-hybridized carbons (Fsp3) is 0.562. The second-order valence-electron chi connectivity index (χ2n) is 13.5. The predicted molar refractivity (Wildman–Crippen MR) is 230 cm³/mol. The molecule has 0 saturated carbocycles. The van der Waals surface area contributed by atoms with Crippen LogP contribution in [0.1, 0.15) is 162 Å². The maximum Gasteiger partial charge on any atom is 0.322 e. The first-order chi connectivity index (χ1) is 26.5. The van der Waals surface area contributed by atoms with Crippen LogP contribution in [0.15, 0.2) is 109 Å². The van der Waals surface area contributed by atoms with Gasteiger partial charge in [-0.25, -0.2) is 0 Å². The number of hydrogen-bond acceptors (Lipinski definition) is 4. The van der Waals surface area contributed by atoms with Crippen LogP contribution in [0, 0.1) is 0 Å². The number of ether oxygens (including phenoxy) is 1. The van der Waals surface area contributed by atoms with Crippen molar-refractivity contribution in [1.29, 1.82) is 0 Å². The van der Waals surface area contributed by atoms with Gasteiger partial charge in [0.15, 0.2) is 0 Å². The summed E-state index contributed by atoms with van der Waals surface area (Å²) in [7, 11) is 0. The van der Waals surface area contributed by atoms with Crippen molar-refractivity contribution < 1.29 is 24.2 Å². The molecule has 0 aromatic carbocycles. The van der Waals surface area contributed by atoms with Gasteiger partial charge in [0.1, 0.15) is 12.6 Å². The van der Waals surface area contributed by atoms with Gasteiger partial charge in [0.2, 0.25) is 5.91 Å². The van der Waals surface area contributed by atoms with E-state index in [9.17, 15) is 14.4 Å². The van der Waals surface area contributed by atoms with Gasteiger partial charge < -0.3 is 15.2 Å². The van der Waals surface area contributed by atoms with Gasteiger partial charge in [-0.2, -0.15) is 0 Å². The minimum atomic E-state index is -1.03. The number of carbonyl (C=O) groups excluding carboxylic acids is 2. The number of nitrogens with one attached hydrogen (secondary N) is 1. The summed E-state index contributed by atoms with van der Waals surface area (Å²) in [5.41, 5.74) is 0. The summed E-state index contributed by atoms with van der Waals surface area (Å²) < 4.78 is 5.98. The van der Waals surface area contributed by atoms with Gasteiger partial charge in [-0.1, -0.05) is 142 Å². The van der Waals surface area contributed by atoms with Gasteiger partial charge in [-0.15, -0.1) is 0 Å². The maximum absolute atomic E-state index is 12.7. The van der Waals surface area contributed by atoms with Crippen molar-refractivity contribution in [3.63, 3.8) is 0 Å². The van der Waals surface area contributed by atoms with Crippen LogP contribution in [0.4, 0.5) is 0 Å². The van der Waals surface area contributed by atoms with Crippen molar-refractivity contribution in [3.8, 4) is 0 Å². The second kappa shape index (κ2) is 41.8. The lowest BCUT2D eigenvalue weighted by molar-refractivity contribution is -0.150. The van der Waals surface area contributed by atoms with E-state index in [2.05, 4.69) is 129 Å². The monoisotopic (exact) mass is 746 g/mol. The van der Waals surface area contributed by atoms with E-state index < -0.39 is 5.97 Å². The fourth-order valence-electron chi connectivity index (χ4n) is 5.42. The molecule has 6 heteroatoms. The SMILES string of the molecule is CC/C=C\C/C=C\C/C=C\C/C=C\C/C=C\CCCC(=O)OC(CCCC/C=C\C/C=C\C/C=C\C/C=C\CC)CCCCCCCC(=O)NCC(=O)O. The minimum Gasteiger partial charge on any atom is -0.480 e. The highest BCUT2D eigenvalue weighted by molar-refractivity contribution is 5.80. The number of allylic oxidation sites excluding steroid dienone is 18. The van der Waals surface area contributed by atoms with E-state index in [0.717, 1.165) is 135 Å². The molecular formula is C48H75NO5. The number of carbonyl (C=O) groups is 3. The maximum atomic E-state index is 12.7. The zero-order valence-electron chi connectivity index (χ0n) is 34.0. The number of carboxylic acid groups (broad SMARTS) is 1. The molecule has 0 aliphatic rings. The normalized spacial score (nSPS) is 13.2. The van der Waals surface area contributed by atoms with Crippen molar-refractivity contribution in [3.05, 3.63) is 109 Å². The summed E-state index contributed by atoms with van der Waals surface area (Å²) in [6.07, 6.45) is 60.6. The van der Waals surface area contributed by atoms with E-state index >= 15 is 0 Å². The Hall–Kier alpha value is -3.93. The van der Waals surface area contributed by atoms with Crippen LogP contribution in [0.25, 0.3) is 0 Å². The molecule has 6 nitrogen and oxygen atoms in total. The number of hydrogen-bond donors (Lipinski definition) is 2. The van der Waals surface area contributed by atoms with Crippen molar-refractivity contribution in [2.24, 2.45) is 0 Å². The average molecular weight is 746 g/mol. The predicted octanol–water partition coefficient (Wildman–Crippen LogP) is 13.1. The quantitative estimate of drug-likeness (QED) is 0.0378. The summed E-state index contributed by atoms with van der Waals surface area (Å²) in [5, 5.41) is 11.1. The lowest BCUT2D eigenvalue weighted by atomic mass is 10.0. The summed E-state index contributed by atoms with van der Waals surface area (Å²) in [5.74, 6) is -1.34. The van der Waals surface area contributed by atoms with Crippen molar-refractivity contribution in [2.75, 3.05) is 6.54 Å². The second-order valence-corrected chi connectivity index (χ2v) is 13.5. The molecule has 1 amide bonds. The van der Waals surface area contributed by atoms with Crippen LogP contribution in [0.5, 0.6) is 0 Å². The lowest BCUT2D eigenvalue weighted by Crippen LogP contribution is -2.28. The molecule has 0 saturated heterocycles. The molecule has 0 radical (unpaired) electrons. The van der Waals surface area contributed by atoms with Crippen molar-refractivity contribution in [2.45, 2.75) is 168 Å². The fourth-order valence-corrected chi connectivity index (χ4v) is 5.42. The molecule has 302 valence electrons. The van der Waals surface area contributed by atoms with E-state index in [1.54, 1.807) is 0 Å². The van der Waals surface area contributed by atoms with E-state index in [1.165, 1.54) is 0 Å². The van der Waals surface area contributed by atoms with E-state index in [4.69, 9.17) is 9.84 Å². The smallest absolute Gasteiger partial charge is 0.322 e. The third-order valence-electron chi connectivity index (χ3n) is 8.44. The molecule has 0 fully saturated rings. The third kappa shape index (κ3) is 40.8. The largest absolute Gasteiger partial charge is 0.480 e. The topological polar surface area (TPSA) is 92.7 Å². The van der Waals surface area contributed by atoms with Crippen LogP contribution >= 0.6 is 0 Å². The molecule has 0 aliphatic heterocycles. The number of unbranched alkanes of at least 4 members (excludes halogenated alkanes) is 7. The van der Waals surface area contributed by atoms with Gasteiger partial charge >= 0.3 is 11.9 Å². The molecule has 0 heterocycles.